The van der Waals surface area contributed by atoms with Crippen LogP contribution in [0.4, 0.5) is 14.7 Å². The van der Waals surface area contributed by atoms with Crippen LogP contribution < -0.4 is 14.2 Å². The molecule has 208 valence electrons. The molecule has 0 saturated heterocycles. The zero-order valence-electron chi connectivity index (χ0n) is 21.0. The molecule has 3 aromatic heterocycles. The molecule has 2 atom stereocenters. The van der Waals surface area contributed by atoms with Crippen LogP contribution in [0.25, 0.3) is 17.2 Å². The zero-order valence-corrected chi connectivity index (χ0v) is 22.6. The summed E-state index contributed by atoms with van der Waals surface area (Å²) in [6.07, 6.45) is 2.61. The highest BCUT2D eigenvalue weighted by Crippen LogP contribution is 2.38. The zero-order chi connectivity index (χ0) is 28.3. The standard InChI is InChI=1S/C22H23ClF2N8O5S/c1-12(18(38-4)19-26-10-13(23)11-27-19)39(34,35)31-22-29-28-20(14-8-9-32(30-14)21(24)25)33(22)17-15(36-2)6-5-7-16(17)37-3/h5-12,18,21H,1-4H3,(H,29,31). The minimum atomic E-state index is -4.27. The molecule has 1 N–H and O–H groups in total. The number of hydrogen-bond acceptors (Lipinski definition) is 10. The van der Waals surface area contributed by atoms with E-state index in [0.29, 0.717) is 4.68 Å². The van der Waals surface area contributed by atoms with Crippen molar-refractivity contribution in [2.45, 2.75) is 24.8 Å². The average molecular weight is 585 g/mol. The average Bonchev–Trinajstić information content (AvgIpc) is 3.56. The molecule has 1 aromatic carbocycles. The van der Waals surface area contributed by atoms with Gasteiger partial charge in [0.05, 0.1) is 19.2 Å². The van der Waals surface area contributed by atoms with Gasteiger partial charge >= 0.3 is 6.55 Å². The minimum absolute atomic E-state index is 0.0152. The van der Waals surface area contributed by atoms with E-state index in [-0.39, 0.29) is 45.5 Å². The number of rotatable bonds is 11. The van der Waals surface area contributed by atoms with Gasteiger partial charge in [-0.05, 0) is 25.1 Å². The van der Waals surface area contributed by atoms with Gasteiger partial charge in [0.15, 0.2) is 11.6 Å². The van der Waals surface area contributed by atoms with Crippen LogP contribution in [0.5, 0.6) is 11.5 Å². The summed E-state index contributed by atoms with van der Waals surface area (Å²) in [5, 5.41) is 10.9. The molecule has 0 aliphatic heterocycles. The van der Waals surface area contributed by atoms with Gasteiger partial charge < -0.3 is 14.2 Å². The van der Waals surface area contributed by atoms with Crippen LogP contribution >= 0.6 is 11.6 Å². The van der Waals surface area contributed by atoms with Gasteiger partial charge in [0.25, 0.3) is 0 Å². The second-order valence-electron chi connectivity index (χ2n) is 7.92. The highest BCUT2D eigenvalue weighted by Gasteiger charge is 2.35. The lowest BCUT2D eigenvalue weighted by Gasteiger charge is -2.22. The topological polar surface area (TPSA) is 148 Å². The number of para-hydroxylation sites is 1. The van der Waals surface area contributed by atoms with Gasteiger partial charge in [-0.25, -0.2) is 23.1 Å². The van der Waals surface area contributed by atoms with Gasteiger partial charge in [0.1, 0.15) is 34.2 Å². The summed E-state index contributed by atoms with van der Waals surface area (Å²) in [4.78, 5) is 8.13. The van der Waals surface area contributed by atoms with Crippen molar-refractivity contribution in [1.29, 1.82) is 0 Å². The summed E-state index contributed by atoms with van der Waals surface area (Å²) in [7, 11) is -0.159. The van der Waals surface area contributed by atoms with Gasteiger partial charge in [-0.2, -0.15) is 13.9 Å². The third-order valence-corrected chi connectivity index (χ3v) is 7.51. The van der Waals surface area contributed by atoms with Crippen LogP contribution in [0, 0.1) is 0 Å². The van der Waals surface area contributed by atoms with E-state index in [2.05, 4.69) is 30.0 Å². The fourth-order valence-electron chi connectivity index (χ4n) is 3.71. The number of ether oxygens (including phenoxy) is 3. The molecule has 13 nitrogen and oxygen atoms in total. The number of methoxy groups -OCH3 is 3. The van der Waals surface area contributed by atoms with Gasteiger partial charge in [-0.15, -0.1) is 10.2 Å². The third-order valence-electron chi connectivity index (χ3n) is 5.62. The number of benzene rings is 1. The molecular formula is C22H23ClF2N8O5S. The van der Waals surface area contributed by atoms with Crippen LogP contribution in [-0.4, -0.2) is 69.5 Å². The lowest BCUT2D eigenvalue weighted by Crippen LogP contribution is -2.33. The number of nitrogens with zero attached hydrogens (tertiary/aromatic N) is 7. The lowest BCUT2D eigenvalue weighted by atomic mass is 10.2. The Balaban J connectivity index is 1.84. The smallest absolute Gasteiger partial charge is 0.333 e. The molecule has 0 aliphatic carbocycles. The predicted molar refractivity (Wildman–Crippen MR) is 136 cm³/mol. The second-order valence-corrected chi connectivity index (χ2v) is 10.4. The van der Waals surface area contributed by atoms with E-state index in [4.69, 9.17) is 25.8 Å². The number of sulfonamides is 1. The van der Waals surface area contributed by atoms with Crippen molar-refractivity contribution in [3.8, 4) is 28.7 Å². The summed E-state index contributed by atoms with van der Waals surface area (Å²) in [5.41, 5.74) is 0.183. The van der Waals surface area contributed by atoms with E-state index in [0.717, 1.165) is 6.20 Å². The molecule has 0 fully saturated rings. The molecule has 0 spiro atoms. The van der Waals surface area contributed by atoms with Crippen LogP contribution in [0.2, 0.25) is 5.02 Å². The number of halogens is 3. The number of hydrogen-bond donors (Lipinski definition) is 1. The van der Waals surface area contributed by atoms with Crippen LogP contribution in [-0.2, 0) is 14.8 Å². The predicted octanol–water partition coefficient (Wildman–Crippen LogP) is 3.50. The Hall–Kier alpha value is -3.89. The summed E-state index contributed by atoms with van der Waals surface area (Å²) in [6.45, 7) is -1.51. The first kappa shape index (κ1) is 28.1. The first-order valence-corrected chi connectivity index (χ1v) is 13.1. The Labute approximate surface area is 226 Å². The molecule has 39 heavy (non-hydrogen) atoms. The second kappa shape index (κ2) is 11.5. The molecule has 3 heterocycles. The molecule has 17 heteroatoms. The SMILES string of the molecule is COc1cccc(OC)c1-n1c(NS(=O)(=O)C(C)C(OC)c2ncc(Cl)cn2)nnc1-c1ccn(C(F)F)n1. The lowest BCUT2D eigenvalue weighted by molar-refractivity contribution is 0.0568. The third kappa shape index (κ3) is 5.62. The maximum absolute atomic E-state index is 13.5. The van der Waals surface area contributed by atoms with Gasteiger partial charge in [-0.1, -0.05) is 17.7 Å². The highest BCUT2D eigenvalue weighted by molar-refractivity contribution is 7.93. The van der Waals surface area contributed by atoms with E-state index in [1.54, 1.807) is 18.2 Å². The Morgan fingerprint density at radius 3 is 2.21 bits per heavy atom. The quantitative estimate of drug-likeness (QED) is 0.277. The molecule has 0 radical (unpaired) electrons. The number of nitrogens with one attached hydrogen (secondary N) is 1. The first-order chi connectivity index (χ1) is 18.6. The van der Waals surface area contributed by atoms with Crippen molar-refractivity contribution >= 4 is 27.6 Å². The Morgan fingerprint density at radius 2 is 1.67 bits per heavy atom. The van der Waals surface area contributed by atoms with Crippen molar-refractivity contribution in [3.63, 3.8) is 0 Å². The maximum Gasteiger partial charge on any atom is 0.333 e. The molecule has 4 rings (SSSR count). The molecule has 0 bridgehead atoms. The van der Waals surface area contributed by atoms with E-state index >= 15 is 0 Å². The van der Waals surface area contributed by atoms with Gasteiger partial charge in [-0.3, -0.25) is 9.29 Å². The highest BCUT2D eigenvalue weighted by atomic mass is 35.5. The Kier molecular flexibility index (Phi) is 8.27. The normalized spacial score (nSPS) is 13.3. The Bertz CT molecular complexity index is 1530. The number of anilines is 1. The fraction of sp³-hybridized carbons (Fsp3) is 0.318. The molecule has 4 aromatic rings. The fourth-order valence-corrected chi connectivity index (χ4v) is 4.93. The minimum Gasteiger partial charge on any atom is -0.494 e. The van der Waals surface area contributed by atoms with Crippen molar-refractivity contribution in [1.82, 2.24) is 34.5 Å². The van der Waals surface area contributed by atoms with E-state index in [1.165, 1.54) is 51.3 Å². The van der Waals surface area contributed by atoms with Crippen LogP contribution in [0.3, 0.4) is 0 Å². The van der Waals surface area contributed by atoms with Crippen molar-refractivity contribution in [2.75, 3.05) is 26.1 Å². The van der Waals surface area contributed by atoms with Gasteiger partial charge in [0.2, 0.25) is 16.0 Å². The van der Waals surface area contributed by atoms with Crippen LogP contribution in [0.15, 0.2) is 42.9 Å². The Morgan fingerprint density at radius 1 is 1.03 bits per heavy atom. The van der Waals surface area contributed by atoms with Gasteiger partial charge in [0, 0.05) is 25.7 Å². The largest absolute Gasteiger partial charge is 0.494 e. The van der Waals surface area contributed by atoms with E-state index < -0.39 is 27.9 Å². The molecule has 0 aliphatic rings. The van der Waals surface area contributed by atoms with Crippen LogP contribution in [0.1, 0.15) is 25.4 Å². The number of alkyl halides is 2. The summed E-state index contributed by atoms with van der Waals surface area (Å²) >= 11 is 5.85. The van der Waals surface area contributed by atoms with Crippen molar-refractivity contribution < 1.29 is 31.4 Å². The maximum atomic E-state index is 13.5. The molecule has 2 unspecified atom stereocenters. The molecule has 0 saturated carbocycles. The van der Waals surface area contributed by atoms with Crippen molar-refractivity contribution in [2.24, 2.45) is 0 Å². The van der Waals surface area contributed by atoms with E-state index in [1.807, 2.05) is 0 Å². The molecule has 0 amide bonds. The summed E-state index contributed by atoms with van der Waals surface area (Å²) in [6, 6.07) is 6.13. The molecular weight excluding hydrogens is 562 g/mol. The monoisotopic (exact) mass is 584 g/mol. The first-order valence-electron chi connectivity index (χ1n) is 11.1. The summed E-state index contributed by atoms with van der Waals surface area (Å²) < 4.78 is 74.0. The number of aromatic nitrogens is 7. The summed E-state index contributed by atoms with van der Waals surface area (Å²) in [5.74, 6) is 0.235. The van der Waals surface area contributed by atoms with Crippen molar-refractivity contribution in [3.05, 3.63) is 53.7 Å². The van der Waals surface area contributed by atoms with E-state index in [9.17, 15) is 17.2 Å².